The third-order valence-electron chi connectivity index (χ3n) is 4.77. The molecule has 1 aliphatic rings. The van der Waals surface area contributed by atoms with Crippen molar-refractivity contribution in [3.05, 3.63) is 53.4 Å². The van der Waals surface area contributed by atoms with Crippen LogP contribution in [0.4, 0.5) is 0 Å². The van der Waals surface area contributed by atoms with Crippen molar-refractivity contribution >= 4 is 12.0 Å². The number of aromatic nitrogens is 2. The number of carbonyl (C=O) groups excluding carboxylic acids is 1. The summed E-state index contributed by atoms with van der Waals surface area (Å²) < 4.78 is 7.27. The van der Waals surface area contributed by atoms with E-state index in [4.69, 9.17) is 4.74 Å². The van der Waals surface area contributed by atoms with Gasteiger partial charge in [-0.05, 0) is 39.0 Å². The van der Waals surface area contributed by atoms with E-state index >= 15 is 0 Å². The van der Waals surface area contributed by atoms with Crippen LogP contribution in [0.15, 0.2) is 36.4 Å². The molecule has 0 saturated carbocycles. The van der Waals surface area contributed by atoms with Crippen LogP contribution >= 0.6 is 0 Å². The van der Waals surface area contributed by atoms with Gasteiger partial charge in [0.1, 0.15) is 0 Å². The Kier molecular flexibility index (Phi) is 6.42. The van der Waals surface area contributed by atoms with Crippen LogP contribution in [0.2, 0.25) is 0 Å². The summed E-state index contributed by atoms with van der Waals surface area (Å²) in [5, 5.41) is 7.65. The predicted octanol–water partition coefficient (Wildman–Crippen LogP) is 2.34. The first-order valence-electron chi connectivity index (χ1n) is 9.45. The normalized spacial score (nSPS) is 16.6. The van der Waals surface area contributed by atoms with E-state index in [-0.39, 0.29) is 11.9 Å². The first kappa shape index (κ1) is 19.3. The molecule has 1 amide bonds. The second-order valence-corrected chi connectivity index (χ2v) is 6.99. The second-order valence-electron chi connectivity index (χ2n) is 6.99. The first-order chi connectivity index (χ1) is 13.0. The van der Waals surface area contributed by atoms with Crippen molar-refractivity contribution in [2.24, 2.45) is 0 Å². The summed E-state index contributed by atoms with van der Waals surface area (Å²) >= 11 is 0. The number of amides is 1. The van der Waals surface area contributed by atoms with Crippen molar-refractivity contribution in [3.63, 3.8) is 0 Å². The minimum atomic E-state index is -0.0815. The minimum absolute atomic E-state index is 0.0815. The molecule has 0 radical (unpaired) electrons. The molecule has 3 rings (SSSR count). The number of para-hydroxylation sites is 1. The summed E-state index contributed by atoms with van der Waals surface area (Å²) in [5.41, 5.74) is 3.92. The van der Waals surface area contributed by atoms with E-state index in [9.17, 15) is 4.79 Å². The highest BCUT2D eigenvalue weighted by molar-refractivity contribution is 5.92. The molecular formula is C21H28N4O2. The van der Waals surface area contributed by atoms with Gasteiger partial charge in [-0.2, -0.15) is 5.10 Å². The molecule has 1 atom stereocenters. The van der Waals surface area contributed by atoms with Crippen LogP contribution in [0.25, 0.3) is 11.8 Å². The molecule has 1 fully saturated rings. The molecule has 1 unspecified atom stereocenters. The van der Waals surface area contributed by atoms with Crippen molar-refractivity contribution in [1.29, 1.82) is 0 Å². The molecule has 2 aromatic rings. The number of nitrogens with one attached hydrogen (secondary N) is 1. The molecule has 27 heavy (non-hydrogen) atoms. The van der Waals surface area contributed by atoms with Gasteiger partial charge in [-0.15, -0.1) is 0 Å². The lowest BCUT2D eigenvalue weighted by Gasteiger charge is -2.29. The Morgan fingerprint density at radius 2 is 1.96 bits per heavy atom. The molecule has 0 bridgehead atoms. The lowest BCUT2D eigenvalue weighted by atomic mass is 10.1. The fraction of sp³-hybridized carbons (Fsp3) is 0.429. The highest BCUT2D eigenvalue weighted by Gasteiger charge is 2.15. The maximum absolute atomic E-state index is 12.3. The summed E-state index contributed by atoms with van der Waals surface area (Å²) in [6.07, 6.45) is 3.45. The van der Waals surface area contributed by atoms with Gasteiger partial charge in [0.2, 0.25) is 5.91 Å². The number of benzene rings is 1. The molecule has 1 aromatic carbocycles. The Morgan fingerprint density at radius 1 is 1.26 bits per heavy atom. The molecule has 6 heteroatoms. The van der Waals surface area contributed by atoms with Crippen LogP contribution < -0.4 is 5.32 Å². The van der Waals surface area contributed by atoms with E-state index in [2.05, 4.69) is 15.3 Å². The molecular weight excluding hydrogens is 340 g/mol. The number of hydrogen-bond donors (Lipinski definition) is 1. The van der Waals surface area contributed by atoms with Gasteiger partial charge in [0.05, 0.1) is 24.6 Å². The Balaban J connectivity index is 1.61. The monoisotopic (exact) mass is 368 g/mol. The fourth-order valence-corrected chi connectivity index (χ4v) is 3.38. The second kappa shape index (κ2) is 8.97. The van der Waals surface area contributed by atoms with Crippen LogP contribution in [-0.4, -0.2) is 59.5 Å². The lowest BCUT2D eigenvalue weighted by molar-refractivity contribution is -0.117. The van der Waals surface area contributed by atoms with E-state index in [1.54, 1.807) is 6.08 Å². The Hall–Kier alpha value is -2.44. The molecule has 1 aromatic heterocycles. The number of carbonyl (C=O) groups is 1. The lowest BCUT2D eigenvalue weighted by Crippen LogP contribution is -2.45. The van der Waals surface area contributed by atoms with E-state index < -0.39 is 0 Å². The molecule has 0 aliphatic carbocycles. The Bertz CT molecular complexity index is 792. The number of aryl methyl sites for hydroxylation is 1. The molecule has 1 saturated heterocycles. The average Bonchev–Trinajstić information content (AvgIpc) is 2.95. The molecule has 144 valence electrons. The highest BCUT2D eigenvalue weighted by Crippen LogP contribution is 2.19. The quantitative estimate of drug-likeness (QED) is 0.795. The maximum atomic E-state index is 12.3. The number of morpholine rings is 1. The van der Waals surface area contributed by atoms with Crippen LogP contribution in [0, 0.1) is 13.8 Å². The Labute approximate surface area is 160 Å². The summed E-state index contributed by atoms with van der Waals surface area (Å²) in [6.45, 7) is 10.2. The highest BCUT2D eigenvalue weighted by atomic mass is 16.5. The van der Waals surface area contributed by atoms with Gasteiger partial charge >= 0.3 is 0 Å². The van der Waals surface area contributed by atoms with Crippen LogP contribution in [0.1, 0.15) is 23.9 Å². The van der Waals surface area contributed by atoms with Crippen molar-refractivity contribution in [3.8, 4) is 5.69 Å². The van der Waals surface area contributed by atoms with E-state index in [1.807, 2.05) is 61.9 Å². The van der Waals surface area contributed by atoms with E-state index in [1.165, 1.54) is 0 Å². The van der Waals surface area contributed by atoms with Crippen molar-refractivity contribution < 1.29 is 9.53 Å². The standard InChI is InChI=1S/C21H28N4O2/c1-16(15-24-11-13-27-14-12-24)22-21(26)10-9-20-17(2)23-25(18(20)3)19-7-5-4-6-8-19/h4-10,16H,11-15H2,1-3H3,(H,22,26). The zero-order chi connectivity index (χ0) is 19.2. The minimum Gasteiger partial charge on any atom is -0.379 e. The number of ether oxygens (including phenoxy) is 1. The SMILES string of the molecule is Cc1nn(-c2ccccc2)c(C)c1C=CC(=O)NC(C)CN1CCOCC1. The summed E-state index contributed by atoms with van der Waals surface area (Å²) in [4.78, 5) is 14.6. The molecule has 0 spiro atoms. The van der Waals surface area contributed by atoms with Gasteiger partial charge in [0.15, 0.2) is 0 Å². The van der Waals surface area contributed by atoms with Gasteiger partial charge in [0, 0.05) is 43.0 Å². The van der Waals surface area contributed by atoms with Gasteiger partial charge in [-0.25, -0.2) is 4.68 Å². The predicted molar refractivity (Wildman–Crippen MR) is 107 cm³/mol. The largest absolute Gasteiger partial charge is 0.379 e. The molecule has 6 nitrogen and oxygen atoms in total. The molecule has 1 N–H and O–H groups in total. The van der Waals surface area contributed by atoms with E-state index in [0.29, 0.717) is 0 Å². The van der Waals surface area contributed by atoms with Gasteiger partial charge in [-0.1, -0.05) is 18.2 Å². The van der Waals surface area contributed by atoms with Gasteiger partial charge in [0.25, 0.3) is 0 Å². The van der Waals surface area contributed by atoms with Gasteiger partial charge < -0.3 is 10.1 Å². The maximum Gasteiger partial charge on any atom is 0.244 e. The summed E-state index contributed by atoms with van der Waals surface area (Å²) in [5.74, 6) is -0.0815. The Morgan fingerprint density at radius 3 is 2.67 bits per heavy atom. The first-order valence-corrected chi connectivity index (χ1v) is 9.45. The van der Waals surface area contributed by atoms with Crippen LogP contribution in [-0.2, 0) is 9.53 Å². The van der Waals surface area contributed by atoms with Gasteiger partial charge in [-0.3, -0.25) is 9.69 Å². The van der Waals surface area contributed by atoms with E-state index in [0.717, 1.165) is 55.5 Å². The third kappa shape index (κ3) is 5.05. The van der Waals surface area contributed by atoms with Crippen LogP contribution in [0.3, 0.4) is 0 Å². The number of rotatable bonds is 6. The summed E-state index contributed by atoms with van der Waals surface area (Å²) in [6, 6.07) is 10.1. The van der Waals surface area contributed by atoms with Crippen molar-refractivity contribution in [1.82, 2.24) is 20.0 Å². The zero-order valence-corrected chi connectivity index (χ0v) is 16.3. The fourth-order valence-electron chi connectivity index (χ4n) is 3.38. The average molecular weight is 368 g/mol. The molecule has 1 aliphatic heterocycles. The number of nitrogens with zero attached hydrogens (tertiary/aromatic N) is 3. The molecule has 2 heterocycles. The van der Waals surface area contributed by atoms with Crippen LogP contribution in [0.5, 0.6) is 0 Å². The number of hydrogen-bond acceptors (Lipinski definition) is 4. The smallest absolute Gasteiger partial charge is 0.244 e. The zero-order valence-electron chi connectivity index (χ0n) is 16.3. The topological polar surface area (TPSA) is 59.4 Å². The summed E-state index contributed by atoms with van der Waals surface area (Å²) in [7, 11) is 0. The van der Waals surface area contributed by atoms with Crippen molar-refractivity contribution in [2.45, 2.75) is 26.8 Å². The van der Waals surface area contributed by atoms with Crippen molar-refractivity contribution in [2.75, 3.05) is 32.8 Å². The third-order valence-corrected chi connectivity index (χ3v) is 4.77.